The fourth-order valence-corrected chi connectivity index (χ4v) is 2.21. The van der Waals surface area contributed by atoms with Crippen LogP contribution in [-0.4, -0.2) is 39.3 Å². The van der Waals surface area contributed by atoms with Gasteiger partial charge in [0, 0.05) is 31.9 Å². The summed E-state index contributed by atoms with van der Waals surface area (Å²) in [6.45, 7) is 5.99. The van der Waals surface area contributed by atoms with Crippen LogP contribution in [-0.2, 0) is 9.53 Å². The number of anilines is 1. The molecule has 1 aromatic rings. The summed E-state index contributed by atoms with van der Waals surface area (Å²) in [6, 6.07) is 8.19. The van der Waals surface area contributed by atoms with Crippen LogP contribution < -0.4 is 10.2 Å². The van der Waals surface area contributed by atoms with Gasteiger partial charge in [0.15, 0.2) is 0 Å². The first-order valence-electron chi connectivity index (χ1n) is 6.36. The van der Waals surface area contributed by atoms with Crippen LogP contribution in [0.15, 0.2) is 24.3 Å². The van der Waals surface area contributed by atoms with Gasteiger partial charge in [0.25, 0.3) is 0 Å². The van der Waals surface area contributed by atoms with Crippen LogP contribution in [0, 0.1) is 0 Å². The first-order chi connectivity index (χ1) is 8.72. The Morgan fingerprint density at radius 2 is 1.89 bits per heavy atom. The molecular formula is C14H20N2O2. The highest BCUT2D eigenvalue weighted by atomic mass is 16.5. The summed E-state index contributed by atoms with van der Waals surface area (Å²) in [5, 5.41) is 3.33. The summed E-state index contributed by atoms with van der Waals surface area (Å²) in [5.41, 5.74) is 2.22. The van der Waals surface area contributed by atoms with Gasteiger partial charge in [-0.25, -0.2) is 0 Å². The lowest BCUT2D eigenvalue weighted by Gasteiger charge is -2.29. The minimum atomic E-state index is -0.202. The Morgan fingerprint density at radius 3 is 2.44 bits per heavy atom. The highest BCUT2D eigenvalue weighted by Crippen LogP contribution is 2.21. The fraction of sp³-hybridized carbons (Fsp3) is 0.500. The summed E-state index contributed by atoms with van der Waals surface area (Å²) in [5.74, 6) is -0.392. The van der Waals surface area contributed by atoms with Crippen LogP contribution in [0.3, 0.4) is 0 Å². The van der Waals surface area contributed by atoms with Crippen molar-refractivity contribution in [2.45, 2.75) is 12.8 Å². The van der Waals surface area contributed by atoms with Crippen molar-refractivity contribution < 1.29 is 9.53 Å². The van der Waals surface area contributed by atoms with Crippen molar-refractivity contribution in [2.24, 2.45) is 0 Å². The van der Waals surface area contributed by atoms with E-state index >= 15 is 0 Å². The second-order valence-corrected chi connectivity index (χ2v) is 4.57. The van der Waals surface area contributed by atoms with Crippen LogP contribution in [0.4, 0.5) is 5.69 Å². The number of ether oxygens (including phenoxy) is 1. The highest BCUT2D eigenvalue weighted by molar-refractivity contribution is 5.77. The monoisotopic (exact) mass is 248 g/mol. The molecule has 0 aromatic heterocycles. The molecule has 1 aromatic carbocycles. The predicted octanol–water partition coefficient (Wildman–Crippen LogP) is 1.37. The number of carbonyl (C=O) groups is 1. The molecular weight excluding hydrogens is 228 g/mol. The number of methoxy groups -OCH3 is 1. The second kappa shape index (κ2) is 5.87. The van der Waals surface area contributed by atoms with E-state index in [1.165, 1.54) is 12.8 Å². The third-order valence-corrected chi connectivity index (χ3v) is 3.43. The number of nitrogens with zero attached hydrogens (tertiary/aromatic N) is 1. The molecule has 0 aliphatic carbocycles. The van der Waals surface area contributed by atoms with E-state index in [1.807, 2.05) is 19.1 Å². The van der Waals surface area contributed by atoms with Gasteiger partial charge in [-0.1, -0.05) is 12.1 Å². The van der Waals surface area contributed by atoms with Crippen molar-refractivity contribution in [2.75, 3.05) is 38.2 Å². The molecule has 4 heteroatoms. The van der Waals surface area contributed by atoms with Crippen LogP contribution in [0.25, 0.3) is 0 Å². The highest BCUT2D eigenvalue weighted by Gasteiger charge is 2.16. The second-order valence-electron chi connectivity index (χ2n) is 4.57. The maximum atomic E-state index is 11.5. The minimum Gasteiger partial charge on any atom is -0.469 e. The third kappa shape index (κ3) is 2.82. The summed E-state index contributed by atoms with van der Waals surface area (Å²) in [7, 11) is 1.42. The molecule has 1 fully saturated rings. The van der Waals surface area contributed by atoms with Crippen molar-refractivity contribution >= 4 is 11.7 Å². The van der Waals surface area contributed by atoms with Gasteiger partial charge >= 0.3 is 5.97 Å². The Hall–Kier alpha value is -1.55. The van der Waals surface area contributed by atoms with Crippen LogP contribution in [0.1, 0.15) is 18.4 Å². The van der Waals surface area contributed by atoms with E-state index in [4.69, 9.17) is 4.74 Å². The molecule has 0 bridgehead atoms. The molecule has 1 atom stereocenters. The van der Waals surface area contributed by atoms with E-state index in [-0.39, 0.29) is 11.9 Å². The average molecular weight is 248 g/mol. The summed E-state index contributed by atoms with van der Waals surface area (Å²) >= 11 is 0. The van der Waals surface area contributed by atoms with Crippen molar-refractivity contribution in [3.8, 4) is 0 Å². The SMILES string of the molecule is COC(=O)C(C)c1ccc(N2CCNCC2)cc1. The number of hydrogen-bond donors (Lipinski definition) is 1. The van der Waals surface area contributed by atoms with Crippen molar-refractivity contribution in [3.63, 3.8) is 0 Å². The molecule has 1 heterocycles. The number of hydrogen-bond acceptors (Lipinski definition) is 4. The van der Waals surface area contributed by atoms with Gasteiger partial charge in [0.1, 0.15) is 0 Å². The molecule has 98 valence electrons. The number of nitrogens with one attached hydrogen (secondary N) is 1. The van der Waals surface area contributed by atoms with Gasteiger partial charge in [-0.2, -0.15) is 0 Å². The Labute approximate surface area is 108 Å². The first-order valence-corrected chi connectivity index (χ1v) is 6.36. The van der Waals surface area contributed by atoms with E-state index in [0.29, 0.717) is 0 Å². The van der Waals surface area contributed by atoms with Crippen molar-refractivity contribution in [1.82, 2.24) is 5.32 Å². The zero-order chi connectivity index (χ0) is 13.0. The van der Waals surface area contributed by atoms with E-state index in [1.54, 1.807) is 0 Å². The average Bonchev–Trinajstić information content (AvgIpc) is 2.47. The lowest BCUT2D eigenvalue weighted by atomic mass is 10.0. The molecule has 1 aliphatic heterocycles. The lowest BCUT2D eigenvalue weighted by Crippen LogP contribution is -2.43. The van der Waals surface area contributed by atoms with Gasteiger partial charge in [0.2, 0.25) is 0 Å². The number of benzene rings is 1. The molecule has 1 saturated heterocycles. The Kier molecular flexibility index (Phi) is 4.20. The maximum Gasteiger partial charge on any atom is 0.312 e. The lowest BCUT2D eigenvalue weighted by molar-refractivity contribution is -0.141. The van der Waals surface area contributed by atoms with Gasteiger partial charge in [-0.05, 0) is 24.6 Å². The fourth-order valence-electron chi connectivity index (χ4n) is 2.21. The Bertz CT molecular complexity index is 397. The molecule has 1 unspecified atom stereocenters. The Morgan fingerprint density at radius 1 is 1.28 bits per heavy atom. The van der Waals surface area contributed by atoms with Gasteiger partial charge in [-0.3, -0.25) is 4.79 Å². The van der Waals surface area contributed by atoms with Crippen molar-refractivity contribution in [1.29, 1.82) is 0 Å². The number of esters is 1. The smallest absolute Gasteiger partial charge is 0.312 e. The van der Waals surface area contributed by atoms with E-state index < -0.39 is 0 Å². The third-order valence-electron chi connectivity index (χ3n) is 3.43. The number of carbonyl (C=O) groups excluding carboxylic acids is 1. The first kappa shape index (κ1) is 12.9. The van der Waals surface area contributed by atoms with Crippen LogP contribution in [0.5, 0.6) is 0 Å². The molecule has 1 N–H and O–H groups in total. The Balaban J connectivity index is 2.07. The zero-order valence-electron chi connectivity index (χ0n) is 11.0. The normalized spacial score (nSPS) is 17.3. The maximum absolute atomic E-state index is 11.5. The molecule has 0 saturated carbocycles. The minimum absolute atomic E-state index is 0.190. The van der Waals surface area contributed by atoms with E-state index in [2.05, 4.69) is 22.3 Å². The molecule has 0 spiro atoms. The van der Waals surface area contributed by atoms with Gasteiger partial charge in [0.05, 0.1) is 13.0 Å². The quantitative estimate of drug-likeness (QED) is 0.820. The van der Waals surface area contributed by atoms with E-state index in [0.717, 1.165) is 31.7 Å². The summed E-state index contributed by atoms with van der Waals surface area (Å²) in [4.78, 5) is 13.8. The number of piperazine rings is 1. The standard InChI is InChI=1S/C14H20N2O2/c1-11(14(17)18-2)12-3-5-13(6-4-12)16-9-7-15-8-10-16/h3-6,11,15H,7-10H2,1-2H3. The topological polar surface area (TPSA) is 41.6 Å². The van der Waals surface area contributed by atoms with E-state index in [9.17, 15) is 4.79 Å². The molecule has 0 amide bonds. The molecule has 4 nitrogen and oxygen atoms in total. The summed E-state index contributed by atoms with van der Waals surface area (Å²) < 4.78 is 4.76. The molecule has 1 aliphatic rings. The van der Waals surface area contributed by atoms with Crippen LogP contribution in [0.2, 0.25) is 0 Å². The largest absolute Gasteiger partial charge is 0.469 e. The molecule has 2 rings (SSSR count). The van der Waals surface area contributed by atoms with Gasteiger partial charge in [-0.15, -0.1) is 0 Å². The van der Waals surface area contributed by atoms with Gasteiger partial charge < -0.3 is 15.0 Å². The number of rotatable bonds is 3. The summed E-state index contributed by atoms with van der Waals surface area (Å²) in [6.07, 6.45) is 0. The zero-order valence-corrected chi connectivity index (χ0v) is 11.0. The van der Waals surface area contributed by atoms with Crippen LogP contribution >= 0.6 is 0 Å². The molecule has 18 heavy (non-hydrogen) atoms. The predicted molar refractivity (Wildman–Crippen MR) is 72.0 cm³/mol. The molecule has 0 radical (unpaired) electrons. The van der Waals surface area contributed by atoms with Crippen molar-refractivity contribution in [3.05, 3.63) is 29.8 Å².